The molecular weight excluding hydrogens is 738 g/mol. The molecule has 53 heavy (non-hydrogen) atoms. The van der Waals surface area contributed by atoms with Gasteiger partial charge < -0.3 is 29.3 Å². The first-order valence-electron chi connectivity index (χ1n) is 18.8. The maximum Gasteiger partial charge on any atom is 0.313 e. The summed E-state index contributed by atoms with van der Waals surface area (Å²) in [5, 5.41) is 10.9. The summed E-state index contributed by atoms with van der Waals surface area (Å²) < 4.78 is 13.2. The number of halogens is 1. The Morgan fingerprint density at radius 1 is 1.09 bits per heavy atom. The standard InChI is InChI=1S/C42H54BrN3O7/c1-7-10-22-33(48)44(6)28(5)36(30-20-15-12-16-21-30)52-41(51)34-35-39(49)46(31(26-47)24-29-18-13-11-14-19-29)38(42(35)25-32(43)37(34)53-42)40(50)45(23-9-3)27(4)17-8-2/h7,9,11-16,18-21,27-28,31-32,34-38,47H,1,3,8,10,17,22-26H2,2,4-6H3/t27?,28-,31-,32?,34-,35+,36+,37-,38-,42+/m1/s1. The molecule has 3 aliphatic heterocycles. The Kier molecular flexibility index (Phi) is 13.4. The fourth-order valence-electron chi connectivity index (χ4n) is 8.63. The number of likely N-dealkylation sites (tertiary alicyclic amines) is 1. The minimum absolute atomic E-state index is 0.116. The first-order valence-corrected chi connectivity index (χ1v) is 19.7. The van der Waals surface area contributed by atoms with Crippen molar-refractivity contribution in [2.24, 2.45) is 11.8 Å². The highest BCUT2D eigenvalue weighted by molar-refractivity contribution is 9.09. The number of carbonyl (C=O) groups excluding carboxylic acids is 4. The first kappa shape index (κ1) is 40.4. The van der Waals surface area contributed by atoms with Crippen molar-refractivity contribution < 1.29 is 33.8 Å². The van der Waals surface area contributed by atoms with E-state index in [0.717, 1.165) is 18.4 Å². The average Bonchev–Trinajstić information content (AvgIpc) is 3.76. The topological polar surface area (TPSA) is 117 Å². The second-order valence-electron chi connectivity index (χ2n) is 14.7. The molecule has 0 saturated carbocycles. The van der Waals surface area contributed by atoms with Crippen LogP contribution in [-0.2, 0) is 35.1 Å². The smallest absolute Gasteiger partial charge is 0.313 e. The predicted octanol–water partition coefficient (Wildman–Crippen LogP) is 5.64. The van der Waals surface area contributed by atoms with E-state index in [1.807, 2.05) is 74.5 Å². The van der Waals surface area contributed by atoms with Gasteiger partial charge in [0.25, 0.3) is 0 Å². The van der Waals surface area contributed by atoms with Crippen molar-refractivity contribution in [3.63, 3.8) is 0 Å². The number of benzene rings is 2. The number of aliphatic hydroxyl groups is 1. The monoisotopic (exact) mass is 791 g/mol. The number of allylic oxidation sites excluding steroid dienone is 1. The Bertz CT molecular complexity index is 1620. The fourth-order valence-corrected chi connectivity index (χ4v) is 9.57. The summed E-state index contributed by atoms with van der Waals surface area (Å²) in [6, 6.07) is 16.2. The van der Waals surface area contributed by atoms with Gasteiger partial charge in [0.1, 0.15) is 17.7 Å². The lowest BCUT2D eigenvalue weighted by molar-refractivity contribution is -0.165. The second-order valence-corrected chi connectivity index (χ2v) is 15.9. The lowest BCUT2D eigenvalue weighted by atomic mass is 9.70. The Hall–Kier alpha value is -3.80. The first-order chi connectivity index (χ1) is 25.4. The van der Waals surface area contributed by atoms with E-state index in [1.165, 1.54) is 4.90 Å². The van der Waals surface area contributed by atoms with Crippen LogP contribution < -0.4 is 0 Å². The summed E-state index contributed by atoms with van der Waals surface area (Å²) in [6.07, 6.45) is 4.77. The molecule has 10 atom stereocenters. The third-order valence-corrected chi connectivity index (χ3v) is 12.2. The Morgan fingerprint density at radius 3 is 2.36 bits per heavy atom. The van der Waals surface area contributed by atoms with Gasteiger partial charge in [0.05, 0.1) is 36.6 Å². The van der Waals surface area contributed by atoms with Crippen molar-refractivity contribution in [3.05, 3.63) is 97.1 Å². The number of aliphatic hydroxyl groups excluding tert-OH is 1. The van der Waals surface area contributed by atoms with Crippen molar-refractivity contribution in [1.29, 1.82) is 0 Å². The summed E-state index contributed by atoms with van der Waals surface area (Å²) >= 11 is 3.77. The molecule has 0 aromatic heterocycles. The van der Waals surface area contributed by atoms with Crippen LogP contribution in [0.1, 0.15) is 70.1 Å². The van der Waals surface area contributed by atoms with Gasteiger partial charge in [-0.2, -0.15) is 0 Å². The van der Waals surface area contributed by atoms with Gasteiger partial charge in [0, 0.05) is 30.9 Å². The minimum atomic E-state index is -1.35. The molecule has 5 rings (SSSR count). The number of amides is 3. The van der Waals surface area contributed by atoms with Gasteiger partial charge in [0.15, 0.2) is 0 Å². The Morgan fingerprint density at radius 2 is 1.75 bits per heavy atom. The molecule has 2 aromatic rings. The van der Waals surface area contributed by atoms with Crippen LogP contribution in [-0.4, -0.2) is 104 Å². The Balaban J connectivity index is 1.56. The van der Waals surface area contributed by atoms with Crippen molar-refractivity contribution in [2.45, 2.75) is 106 Å². The van der Waals surface area contributed by atoms with Gasteiger partial charge in [-0.25, -0.2) is 0 Å². The summed E-state index contributed by atoms with van der Waals surface area (Å²) in [5.74, 6) is -3.53. The van der Waals surface area contributed by atoms with E-state index in [4.69, 9.17) is 9.47 Å². The molecule has 1 spiro atoms. The van der Waals surface area contributed by atoms with E-state index < -0.39 is 66.3 Å². The van der Waals surface area contributed by atoms with E-state index in [1.54, 1.807) is 29.0 Å². The number of esters is 1. The van der Waals surface area contributed by atoms with Gasteiger partial charge >= 0.3 is 5.97 Å². The zero-order valence-corrected chi connectivity index (χ0v) is 32.9. The highest BCUT2D eigenvalue weighted by atomic mass is 79.9. The van der Waals surface area contributed by atoms with E-state index in [-0.39, 0.29) is 35.6 Å². The highest BCUT2D eigenvalue weighted by Crippen LogP contribution is 2.61. The van der Waals surface area contributed by atoms with Crippen molar-refractivity contribution >= 4 is 39.6 Å². The number of fused-ring (bicyclic) bond motifs is 1. The third-order valence-electron chi connectivity index (χ3n) is 11.4. The van der Waals surface area contributed by atoms with Gasteiger partial charge in [-0.1, -0.05) is 102 Å². The normalized spacial score (nSPS) is 26.6. The zero-order chi connectivity index (χ0) is 38.4. The summed E-state index contributed by atoms with van der Waals surface area (Å²) in [4.78, 5) is 62.3. The molecule has 10 nitrogen and oxygen atoms in total. The molecule has 0 aliphatic carbocycles. The largest absolute Gasteiger partial charge is 0.455 e. The summed E-state index contributed by atoms with van der Waals surface area (Å²) in [5.41, 5.74) is 0.247. The molecule has 2 unspecified atom stereocenters. The number of hydrogen-bond donors (Lipinski definition) is 1. The molecule has 1 N–H and O–H groups in total. The van der Waals surface area contributed by atoms with E-state index in [0.29, 0.717) is 24.8 Å². The molecule has 0 radical (unpaired) electrons. The lowest BCUT2D eigenvalue weighted by Crippen LogP contribution is -2.60. The molecule has 2 aromatic carbocycles. The summed E-state index contributed by atoms with van der Waals surface area (Å²) in [6.45, 7) is 13.4. The average molecular weight is 793 g/mol. The molecule has 3 aliphatic rings. The predicted molar refractivity (Wildman–Crippen MR) is 207 cm³/mol. The van der Waals surface area contributed by atoms with E-state index in [9.17, 15) is 14.7 Å². The molecule has 3 fully saturated rings. The van der Waals surface area contributed by atoms with Crippen molar-refractivity contribution in [1.82, 2.24) is 14.7 Å². The SMILES string of the molecule is C=CCCC(=O)N(C)[C@H](C)[C@H](OC(=O)[C@H]1[C@@H]2O[C@@]3(CC2Br)[C@@H]1C(=O)N([C@@H](CO)Cc1ccccc1)[C@@H]3C(=O)N(CC=C)C(C)CCC)c1ccccc1. The Labute approximate surface area is 322 Å². The van der Waals surface area contributed by atoms with Gasteiger partial charge in [-0.05, 0) is 50.7 Å². The number of ether oxygens (including phenoxy) is 2. The molecular formula is C42H54BrN3O7. The minimum Gasteiger partial charge on any atom is -0.455 e. The molecule has 3 heterocycles. The van der Waals surface area contributed by atoms with Crippen LogP contribution in [0.2, 0.25) is 0 Å². The molecule has 3 amide bonds. The highest BCUT2D eigenvalue weighted by Gasteiger charge is 2.77. The van der Waals surface area contributed by atoms with Crippen LogP contribution in [0.15, 0.2) is 86.0 Å². The van der Waals surface area contributed by atoms with Gasteiger partial charge in [-0.3, -0.25) is 19.2 Å². The quantitative estimate of drug-likeness (QED) is 0.118. The van der Waals surface area contributed by atoms with Crippen LogP contribution in [0.25, 0.3) is 0 Å². The molecule has 2 bridgehead atoms. The fraction of sp³-hybridized carbons (Fsp3) is 0.524. The third kappa shape index (κ3) is 7.89. The van der Waals surface area contributed by atoms with Gasteiger partial charge in [-0.15, -0.1) is 13.2 Å². The zero-order valence-electron chi connectivity index (χ0n) is 31.3. The van der Waals surface area contributed by atoms with E-state index in [2.05, 4.69) is 36.0 Å². The number of hydrogen-bond acceptors (Lipinski definition) is 7. The van der Waals surface area contributed by atoms with E-state index >= 15 is 9.59 Å². The number of rotatable bonds is 18. The molecule has 286 valence electrons. The van der Waals surface area contributed by atoms with Crippen molar-refractivity contribution in [3.8, 4) is 0 Å². The second kappa shape index (κ2) is 17.6. The van der Waals surface area contributed by atoms with Crippen LogP contribution >= 0.6 is 15.9 Å². The van der Waals surface area contributed by atoms with Crippen LogP contribution in [0, 0.1) is 11.8 Å². The summed E-state index contributed by atoms with van der Waals surface area (Å²) in [7, 11) is 1.69. The number of alkyl halides is 1. The maximum atomic E-state index is 15.0. The van der Waals surface area contributed by atoms with Crippen LogP contribution in [0.3, 0.4) is 0 Å². The number of carbonyl (C=O) groups is 4. The van der Waals surface area contributed by atoms with Crippen LogP contribution in [0.5, 0.6) is 0 Å². The lowest BCUT2D eigenvalue weighted by Gasteiger charge is -2.41. The number of nitrogens with zero attached hydrogens (tertiary/aromatic N) is 3. The van der Waals surface area contributed by atoms with Crippen molar-refractivity contribution in [2.75, 3.05) is 20.2 Å². The van der Waals surface area contributed by atoms with Crippen LogP contribution in [0.4, 0.5) is 0 Å². The van der Waals surface area contributed by atoms with Gasteiger partial charge in [0.2, 0.25) is 17.7 Å². The molecule has 11 heteroatoms. The number of likely N-dealkylation sites (N-methyl/N-ethyl adjacent to an activating group) is 1. The molecule has 3 saturated heterocycles. The maximum absolute atomic E-state index is 15.0.